The number of nitrogens with two attached hydrogens (primary N) is 1. The van der Waals surface area contributed by atoms with Crippen molar-refractivity contribution in [3.63, 3.8) is 0 Å². The number of anilines is 1. The lowest BCUT2D eigenvalue weighted by Gasteiger charge is -2.15. The fourth-order valence-corrected chi connectivity index (χ4v) is 0.848. The molecule has 0 unspecified atom stereocenters. The van der Waals surface area contributed by atoms with Crippen LogP contribution in [0.4, 0.5) is 23.4 Å². The molecule has 0 radical (unpaired) electrons. The average molecular weight is 240 g/mol. The number of alkyl halides is 4. The van der Waals surface area contributed by atoms with E-state index in [-0.39, 0.29) is 11.4 Å². The van der Waals surface area contributed by atoms with Gasteiger partial charge in [0.1, 0.15) is 11.4 Å². The van der Waals surface area contributed by atoms with Gasteiger partial charge in [-0.1, -0.05) is 0 Å². The standard InChI is InChI=1S/C7H8F4N4O/c8-6(9)7(10,11)2-13-5(16)3-1-14-15-4(3)12/h1,6H,2H2,(H,13,16)(H3,12,14,15). The molecule has 1 heterocycles. The highest BCUT2D eigenvalue weighted by atomic mass is 19.3. The maximum absolute atomic E-state index is 12.4. The second-order valence-electron chi connectivity index (χ2n) is 2.94. The molecule has 90 valence electrons. The van der Waals surface area contributed by atoms with E-state index >= 15 is 0 Å². The number of aromatic amines is 1. The summed E-state index contributed by atoms with van der Waals surface area (Å²) >= 11 is 0. The fourth-order valence-electron chi connectivity index (χ4n) is 0.848. The number of nitrogens with zero attached hydrogens (tertiary/aromatic N) is 1. The lowest BCUT2D eigenvalue weighted by atomic mass is 10.3. The highest BCUT2D eigenvalue weighted by Gasteiger charge is 2.40. The smallest absolute Gasteiger partial charge is 0.324 e. The number of carbonyl (C=O) groups is 1. The van der Waals surface area contributed by atoms with Crippen molar-refractivity contribution in [1.29, 1.82) is 0 Å². The van der Waals surface area contributed by atoms with E-state index in [0.29, 0.717) is 0 Å². The summed E-state index contributed by atoms with van der Waals surface area (Å²) in [5.41, 5.74) is 5.05. The quantitative estimate of drug-likeness (QED) is 0.674. The second kappa shape index (κ2) is 4.37. The molecule has 0 aliphatic heterocycles. The molecule has 4 N–H and O–H groups in total. The van der Waals surface area contributed by atoms with Gasteiger partial charge in [0.15, 0.2) is 0 Å². The Morgan fingerprint density at radius 1 is 1.62 bits per heavy atom. The van der Waals surface area contributed by atoms with Gasteiger partial charge >= 0.3 is 12.3 Å². The lowest BCUT2D eigenvalue weighted by molar-refractivity contribution is -0.123. The molecule has 0 bridgehead atoms. The highest BCUT2D eigenvalue weighted by molar-refractivity contribution is 5.98. The van der Waals surface area contributed by atoms with Crippen LogP contribution in [0.5, 0.6) is 0 Å². The molecule has 5 nitrogen and oxygen atoms in total. The Morgan fingerprint density at radius 2 is 2.25 bits per heavy atom. The summed E-state index contributed by atoms with van der Waals surface area (Å²) in [6.45, 7) is -1.46. The van der Waals surface area contributed by atoms with Crippen LogP contribution in [0.3, 0.4) is 0 Å². The molecular formula is C7H8F4N4O. The molecule has 0 spiro atoms. The number of halogens is 4. The van der Waals surface area contributed by atoms with Crippen molar-refractivity contribution in [3.05, 3.63) is 11.8 Å². The summed E-state index contributed by atoms with van der Waals surface area (Å²) in [7, 11) is 0. The first kappa shape index (κ1) is 12.3. The zero-order chi connectivity index (χ0) is 12.3. The van der Waals surface area contributed by atoms with E-state index in [2.05, 4.69) is 10.2 Å². The molecule has 1 aromatic rings. The Morgan fingerprint density at radius 3 is 2.69 bits per heavy atom. The van der Waals surface area contributed by atoms with E-state index in [0.717, 1.165) is 6.20 Å². The van der Waals surface area contributed by atoms with Gasteiger partial charge in [0.05, 0.1) is 12.7 Å². The number of hydrogen-bond acceptors (Lipinski definition) is 3. The summed E-state index contributed by atoms with van der Waals surface area (Å²) < 4.78 is 48.3. The van der Waals surface area contributed by atoms with Crippen LogP contribution in [0.2, 0.25) is 0 Å². The topological polar surface area (TPSA) is 83.8 Å². The first-order chi connectivity index (χ1) is 7.34. The van der Waals surface area contributed by atoms with E-state index in [1.54, 1.807) is 5.32 Å². The van der Waals surface area contributed by atoms with Crippen molar-refractivity contribution in [2.24, 2.45) is 0 Å². The summed E-state index contributed by atoms with van der Waals surface area (Å²) in [6, 6.07) is 0. The zero-order valence-corrected chi connectivity index (χ0v) is 7.81. The molecule has 0 saturated carbocycles. The molecule has 0 saturated heterocycles. The average Bonchev–Trinajstić information content (AvgIpc) is 2.61. The van der Waals surface area contributed by atoms with Crippen LogP contribution in [0, 0.1) is 0 Å². The fraction of sp³-hybridized carbons (Fsp3) is 0.429. The Hall–Kier alpha value is -1.80. The second-order valence-corrected chi connectivity index (χ2v) is 2.94. The molecule has 0 aliphatic rings. The number of carbonyl (C=O) groups excluding carboxylic acids is 1. The minimum absolute atomic E-state index is 0.127. The van der Waals surface area contributed by atoms with Gasteiger partial charge in [-0.2, -0.15) is 13.9 Å². The van der Waals surface area contributed by atoms with E-state index in [4.69, 9.17) is 5.73 Å². The van der Waals surface area contributed by atoms with E-state index in [1.807, 2.05) is 0 Å². The third-order valence-electron chi connectivity index (χ3n) is 1.72. The molecule has 0 fully saturated rings. The lowest BCUT2D eigenvalue weighted by Crippen LogP contribution is -2.41. The van der Waals surface area contributed by atoms with Crippen LogP contribution >= 0.6 is 0 Å². The Labute approximate surface area is 87.0 Å². The normalized spacial score (nSPS) is 11.8. The Kier molecular flexibility index (Phi) is 3.35. The van der Waals surface area contributed by atoms with E-state index in [9.17, 15) is 22.4 Å². The molecule has 0 atom stereocenters. The number of nitrogen functional groups attached to an aromatic ring is 1. The van der Waals surface area contributed by atoms with Crippen LogP contribution in [0.15, 0.2) is 6.20 Å². The molecule has 1 aromatic heterocycles. The zero-order valence-electron chi connectivity index (χ0n) is 7.81. The predicted octanol–water partition coefficient (Wildman–Crippen LogP) is 0.622. The highest BCUT2D eigenvalue weighted by Crippen LogP contribution is 2.21. The SMILES string of the molecule is Nc1[nH]ncc1C(=O)NCC(F)(F)C(F)F. The summed E-state index contributed by atoms with van der Waals surface area (Å²) in [5, 5.41) is 7.22. The van der Waals surface area contributed by atoms with Gasteiger partial charge < -0.3 is 11.1 Å². The van der Waals surface area contributed by atoms with Crippen molar-refractivity contribution in [3.8, 4) is 0 Å². The molecule has 0 aromatic carbocycles. The Balaban J connectivity index is 2.58. The van der Waals surface area contributed by atoms with Crippen LogP contribution in [-0.2, 0) is 0 Å². The number of nitrogens with one attached hydrogen (secondary N) is 2. The first-order valence-corrected chi connectivity index (χ1v) is 4.07. The molecule has 1 rings (SSSR count). The Bertz CT molecular complexity index is 378. The van der Waals surface area contributed by atoms with Crippen LogP contribution < -0.4 is 11.1 Å². The van der Waals surface area contributed by atoms with Gasteiger partial charge in [-0.25, -0.2) is 8.78 Å². The number of hydrogen-bond donors (Lipinski definition) is 3. The third-order valence-corrected chi connectivity index (χ3v) is 1.72. The van der Waals surface area contributed by atoms with Crippen LogP contribution in [-0.4, -0.2) is 35.0 Å². The monoisotopic (exact) mass is 240 g/mol. The van der Waals surface area contributed by atoms with Gasteiger partial charge in [0.25, 0.3) is 5.91 Å². The first-order valence-electron chi connectivity index (χ1n) is 4.07. The minimum Gasteiger partial charge on any atom is -0.383 e. The predicted molar refractivity (Wildman–Crippen MR) is 46.3 cm³/mol. The maximum atomic E-state index is 12.4. The van der Waals surface area contributed by atoms with Crippen LogP contribution in [0.1, 0.15) is 10.4 Å². The summed E-state index contributed by atoms with van der Waals surface area (Å²) in [6.07, 6.45) is -2.83. The number of H-pyrrole nitrogens is 1. The van der Waals surface area contributed by atoms with E-state index < -0.39 is 24.8 Å². The molecule has 0 aliphatic carbocycles. The van der Waals surface area contributed by atoms with E-state index in [1.165, 1.54) is 0 Å². The van der Waals surface area contributed by atoms with Crippen molar-refractivity contribution in [1.82, 2.24) is 15.5 Å². The maximum Gasteiger partial charge on any atom is 0.324 e. The molecule has 9 heteroatoms. The van der Waals surface area contributed by atoms with Gasteiger partial charge in [0.2, 0.25) is 0 Å². The summed E-state index contributed by atoms with van der Waals surface area (Å²) in [5.74, 6) is -5.39. The van der Waals surface area contributed by atoms with Crippen molar-refractivity contribution in [2.75, 3.05) is 12.3 Å². The number of rotatable bonds is 4. The van der Waals surface area contributed by atoms with Gasteiger partial charge in [0, 0.05) is 0 Å². The number of amides is 1. The van der Waals surface area contributed by atoms with Gasteiger partial charge in [-0.15, -0.1) is 0 Å². The van der Waals surface area contributed by atoms with Crippen molar-refractivity contribution >= 4 is 11.7 Å². The number of aromatic nitrogens is 2. The molecule has 16 heavy (non-hydrogen) atoms. The van der Waals surface area contributed by atoms with Crippen LogP contribution in [0.25, 0.3) is 0 Å². The minimum atomic E-state index is -4.27. The van der Waals surface area contributed by atoms with Crippen molar-refractivity contribution in [2.45, 2.75) is 12.3 Å². The molecular weight excluding hydrogens is 232 g/mol. The third kappa shape index (κ3) is 2.61. The molecule has 1 amide bonds. The van der Waals surface area contributed by atoms with Gasteiger partial charge in [-0.3, -0.25) is 9.89 Å². The largest absolute Gasteiger partial charge is 0.383 e. The van der Waals surface area contributed by atoms with Gasteiger partial charge in [-0.05, 0) is 0 Å². The summed E-state index contributed by atoms with van der Waals surface area (Å²) in [4.78, 5) is 11.2. The van der Waals surface area contributed by atoms with Crippen molar-refractivity contribution < 1.29 is 22.4 Å².